The van der Waals surface area contributed by atoms with E-state index in [2.05, 4.69) is 45.1 Å². The summed E-state index contributed by atoms with van der Waals surface area (Å²) in [5.74, 6) is -0.855. The molecule has 0 aromatic heterocycles. The highest BCUT2D eigenvalue weighted by molar-refractivity contribution is 5.71. The molecule has 0 saturated carbocycles. The lowest BCUT2D eigenvalue weighted by Crippen LogP contribution is -2.30. The normalized spacial score (nSPS) is 12.1. The first kappa shape index (κ1) is 62.9. The van der Waals surface area contributed by atoms with Crippen molar-refractivity contribution in [1.29, 1.82) is 0 Å². The quantitative estimate of drug-likeness (QED) is 0.0262. The van der Waals surface area contributed by atoms with Crippen LogP contribution in [0.3, 0.4) is 0 Å². The largest absolute Gasteiger partial charge is 0.462 e. The zero-order valence-electron chi connectivity index (χ0n) is 43.8. The Bertz CT molecular complexity index is 1050. The summed E-state index contributed by atoms with van der Waals surface area (Å²) in [6.45, 7) is 6.66. The van der Waals surface area contributed by atoms with E-state index in [0.717, 1.165) is 70.6 Å². The molecule has 382 valence electrons. The number of rotatable bonds is 53. The zero-order valence-corrected chi connectivity index (χ0v) is 43.8. The number of allylic oxidation sites excluding steroid dienone is 4. The highest BCUT2D eigenvalue weighted by Crippen LogP contribution is 2.17. The molecule has 0 aliphatic heterocycles. The second-order valence-corrected chi connectivity index (χ2v) is 19.6. The molecular weight excluding hydrogens is 805 g/mol. The van der Waals surface area contributed by atoms with Crippen molar-refractivity contribution in [3.63, 3.8) is 0 Å². The number of ether oxygens (including phenoxy) is 3. The average molecular weight is 916 g/mol. The van der Waals surface area contributed by atoms with Crippen molar-refractivity contribution < 1.29 is 28.6 Å². The summed E-state index contributed by atoms with van der Waals surface area (Å²) in [4.78, 5) is 38.1. The molecule has 0 N–H and O–H groups in total. The van der Waals surface area contributed by atoms with Crippen LogP contribution in [0.5, 0.6) is 0 Å². The zero-order chi connectivity index (χ0) is 47.2. The number of carbonyl (C=O) groups excluding carboxylic acids is 3. The Labute approximate surface area is 404 Å². The topological polar surface area (TPSA) is 78.9 Å². The summed E-state index contributed by atoms with van der Waals surface area (Å²) >= 11 is 0. The Morgan fingerprint density at radius 2 is 0.554 bits per heavy atom. The lowest BCUT2D eigenvalue weighted by Gasteiger charge is -2.18. The minimum atomic E-state index is -0.769. The third-order valence-electron chi connectivity index (χ3n) is 13.0. The van der Waals surface area contributed by atoms with E-state index in [1.54, 1.807) is 0 Å². The Morgan fingerprint density at radius 1 is 0.308 bits per heavy atom. The summed E-state index contributed by atoms with van der Waals surface area (Å²) in [6.07, 6.45) is 63.0. The van der Waals surface area contributed by atoms with E-state index in [4.69, 9.17) is 14.2 Å². The Balaban J connectivity index is 4.33. The third kappa shape index (κ3) is 52.7. The van der Waals surface area contributed by atoms with Crippen LogP contribution in [0.2, 0.25) is 0 Å². The van der Waals surface area contributed by atoms with E-state index in [-0.39, 0.29) is 31.1 Å². The van der Waals surface area contributed by atoms with Gasteiger partial charge in [-0.2, -0.15) is 0 Å². The van der Waals surface area contributed by atoms with Crippen molar-refractivity contribution in [3.05, 3.63) is 24.3 Å². The first-order valence-electron chi connectivity index (χ1n) is 28.8. The molecule has 0 rings (SSSR count). The van der Waals surface area contributed by atoms with E-state index in [0.29, 0.717) is 19.3 Å². The number of carbonyl (C=O) groups is 3. The second-order valence-electron chi connectivity index (χ2n) is 19.6. The Hall–Kier alpha value is -2.11. The van der Waals surface area contributed by atoms with Crippen LogP contribution in [-0.4, -0.2) is 37.2 Å². The molecule has 1 atom stereocenters. The van der Waals surface area contributed by atoms with Gasteiger partial charge in [-0.25, -0.2) is 0 Å². The van der Waals surface area contributed by atoms with Crippen LogP contribution in [0, 0.1) is 0 Å². The standard InChI is InChI=1S/C59H110O6/c1-4-7-10-13-16-19-22-25-27-29-31-34-37-40-43-46-49-52-58(61)64-55-56(54-63-57(60)51-48-45-42-39-36-33-24-21-18-15-12-9-6-3)65-59(62)53-50-47-44-41-38-35-32-30-28-26-23-20-17-14-11-8-5-2/h16,19,25,27,56H,4-15,17-18,20-24,26,28-55H2,1-3H3/b19-16-,27-25-. The van der Waals surface area contributed by atoms with Gasteiger partial charge in [-0.15, -0.1) is 0 Å². The average Bonchev–Trinajstić information content (AvgIpc) is 3.30. The fourth-order valence-electron chi connectivity index (χ4n) is 8.59. The van der Waals surface area contributed by atoms with Crippen molar-refractivity contribution in [2.75, 3.05) is 13.2 Å². The molecule has 1 unspecified atom stereocenters. The van der Waals surface area contributed by atoms with E-state index in [1.165, 1.54) is 205 Å². The molecule has 65 heavy (non-hydrogen) atoms. The lowest BCUT2D eigenvalue weighted by molar-refractivity contribution is -0.167. The van der Waals surface area contributed by atoms with Gasteiger partial charge in [0.15, 0.2) is 6.10 Å². The van der Waals surface area contributed by atoms with Crippen molar-refractivity contribution in [3.8, 4) is 0 Å². The summed E-state index contributed by atoms with van der Waals surface area (Å²) in [5.41, 5.74) is 0. The van der Waals surface area contributed by atoms with Crippen molar-refractivity contribution in [2.24, 2.45) is 0 Å². The van der Waals surface area contributed by atoms with Gasteiger partial charge in [-0.1, -0.05) is 270 Å². The van der Waals surface area contributed by atoms with Gasteiger partial charge in [-0.3, -0.25) is 14.4 Å². The fourth-order valence-corrected chi connectivity index (χ4v) is 8.59. The van der Waals surface area contributed by atoms with Crippen LogP contribution in [0.25, 0.3) is 0 Å². The maximum atomic E-state index is 12.8. The number of esters is 3. The van der Waals surface area contributed by atoms with Gasteiger partial charge in [0.25, 0.3) is 0 Å². The summed E-state index contributed by atoms with van der Waals surface area (Å²) < 4.78 is 16.9. The molecule has 0 amide bonds. The van der Waals surface area contributed by atoms with Crippen LogP contribution < -0.4 is 0 Å². The van der Waals surface area contributed by atoms with Gasteiger partial charge in [0.2, 0.25) is 0 Å². The summed E-state index contributed by atoms with van der Waals surface area (Å²) in [5, 5.41) is 0. The van der Waals surface area contributed by atoms with Gasteiger partial charge in [0.1, 0.15) is 13.2 Å². The molecule has 0 fully saturated rings. The monoisotopic (exact) mass is 915 g/mol. The van der Waals surface area contributed by atoms with Gasteiger partial charge >= 0.3 is 17.9 Å². The number of hydrogen-bond acceptors (Lipinski definition) is 6. The molecule has 0 aromatic rings. The van der Waals surface area contributed by atoms with E-state index in [9.17, 15) is 14.4 Å². The minimum absolute atomic E-state index is 0.0681. The second kappa shape index (κ2) is 54.5. The summed E-state index contributed by atoms with van der Waals surface area (Å²) in [6, 6.07) is 0. The number of unbranched alkanes of at least 4 members (excludes halogenated alkanes) is 38. The molecule has 0 heterocycles. The molecule has 0 aliphatic rings. The van der Waals surface area contributed by atoms with E-state index in [1.807, 2.05) is 0 Å². The third-order valence-corrected chi connectivity index (χ3v) is 13.0. The van der Waals surface area contributed by atoms with Crippen molar-refractivity contribution in [2.45, 2.75) is 322 Å². The van der Waals surface area contributed by atoms with E-state index >= 15 is 0 Å². The van der Waals surface area contributed by atoms with Crippen molar-refractivity contribution in [1.82, 2.24) is 0 Å². The smallest absolute Gasteiger partial charge is 0.306 e. The first-order valence-corrected chi connectivity index (χ1v) is 28.8. The molecule has 0 saturated heterocycles. The van der Waals surface area contributed by atoms with Crippen LogP contribution in [0.4, 0.5) is 0 Å². The molecule has 0 bridgehead atoms. The van der Waals surface area contributed by atoms with Gasteiger partial charge < -0.3 is 14.2 Å². The van der Waals surface area contributed by atoms with Crippen LogP contribution in [0.15, 0.2) is 24.3 Å². The molecule has 6 nitrogen and oxygen atoms in total. The SMILES string of the molecule is CCCCC/C=C\C/C=C\CCCCCCCCCC(=O)OCC(COC(=O)CCCCCCCCCCCCCCC)OC(=O)CCCCCCCCCCCCCCCCCCC. The first-order chi connectivity index (χ1) is 32.0. The summed E-state index contributed by atoms with van der Waals surface area (Å²) in [7, 11) is 0. The van der Waals surface area contributed by atoms with Gasteiger partial charge in [0, 0.05) is 19.3 Å². The number of hydrogen-bond donors (Lipinski definition) is 0. The van der Waals surface area contributed by atoms with Gasteiger partial charge in [0.05, 0.1) is 0 Å². The highest BCUT2D eigenvalue weighted by atomic mass is 16.6. The Morgan fingerprint density at radius 3 is 0.877 bits per heavy atom. The highest BCUT2D eigenvalue weighted by Gasteiger charge is 2.19. The van der Waals surface area contributed by atoms with Crippen LogP contribution >= 0.6 is 0 Å². The van der Waals surface area contributed by atoms with Crippen molar-refractivity contribution >= 4 is 17.9 Å². The maximum Gasteiger partial charge on any atom is 0.306 e. The molecule has 0 spiro atoms. The molecule has 0 radical (unpaired) electrons. The van der Waals surface area contributed by atoms with Crippen LogP contribution in [-0.2, 0) is 28.6 Å². The molecule has 6 heteroatoms. The van der Waals surface area contributed by atoms with Gasteiger partial charge in [-0.05, 0) is 51.4 Å². The minimum Gasteiger partial charge on any atom is -0.462 e. The predicted molar refractivity (Wildman–Crippen MR) is 279 cm³/mol. The molecule has 0 aliphatic carbocycles. The fraction of sp³-hybridized carbons (Fsp3) is 0.881. The molecule has 0 aromatic carbocycles. The van der Waals surface area contributed by atoms with E-state index < -0.39 is 6.10 Å². The maximum absolute atomic E-state index is 12.8. The Kier molecular flexibility index (Phi) is 52.7. The van der Waals surface area contributed by atoms with Crippen LogP contribution in [0.1, 0.15) is 316 Å². The molecular formula is C59H110O6. The predicted octanol–water partition coefficient (Wildman–Crippen LogP) is 19.1. The lowest BCUT2D eigenvalue weighted by atomic mass is 10.0.